The molecular formula is C15H28N2O5. The molecule has 0 aromatic carbocycles. The Bertz CT molecular complexity index is 397. The Morgan fingerprint density at radius 2 is 1.86 bits per heavy atom. The summed E-state index contributed by atoms with van der Waals surface area (Å²) in [5.74, 6) is -0.457. The maximum atomic E-state index is 11.7. The standard InChI is InChI=1S/C15H28N2O5/c1-6-8-15(5,10-22-13(19)16-11(3)4)9-17(14(20)21)12(18)7-2/h11H,6-10H2,1-5H3,(H,16,19)(H,20,21). The van der Waals surface area contributed by atoms with E-state index in [0.29, 0.717) is 6.42 Å². The lowest BCUT2D eigenvalue weighted by Gasteiger charge is -2.32. The summed E-state index contributed by atoms with van der Waals surface area (Å²) >= 11 is 0. The van der Waals surface area contributed by atoms with Gasteiger partial charge in [-0.1, -0.05) is 27.2 Å². The van der Waals surface area contributed by atoms with Crippen LogP contribution in [0.25, 0.3) is 0 Å². The molecule has 128 valence electrons. The quantitative estimate of drug-likeness (QED) is 0.718. The van der Waals surface area contributed by atoms with Crippen LogP contribution in [0.2, 0.25) is 0 Å². The van der Waals surface area contributed by atoms with E-state index in [2.05, 4.69) is 5.32 Å². The zero-order valence-corrected chi connectivity index (χ0v) is 14.1. The first kappa shape index (κ1) is 20.2. The molecule has 0 fully saturated rings. The minimum Gasteiger partial charge on any atom is -0.465 e. The van der Waals surface area contributed by atoms with Gasteiger partial charge in [0.25, 0.3) is 0 Å². The van der Waals surface area contributed by atoms with E-state index in [1.165, 1.54) is 0 Å². The molecule has 2 N–H and O–H groups in total. The number of carbonyl (C=O) groups is 3. The number of alkyl carbamates (subject to hydrolysis) is 1. The van der Waals surface area contributed by atoms with E-state index in [4.69, 9.17) is 4.74 Å². The molecule has 0 bridgehead atoms. The third-order valence-electron chi connectivity index (χ3n) is 3.19. The van der Waals surface area contributed by atoms with E-state index in [9.17, 15) is 19.5 Å². The summed E-state index contributed by atoms with van der Waals surface area (Å²) < 4.78 is 5.18. The van der Waals surface area contributed by atoms with Crippen molar-refractivity contribution >= 4 is 18.1 Å². The molecule has 0 radical (unpaired) electrons. The molecule has 0 saturated carbocycles. The second-order valence-corrected chi connectivity index (χ2v) is 6.05. The SMILES string of the molecule is CCCC(C)(COC(=O)NC(C)C)CN(C(=O)O)C(=O)CC. The van der Waals surface area contributed by atoms with Crippen molar-refractivity contribution in [1.82, 2.24) is 10.2 Å². The van der Waals surface area contributed by atoms with E-state index in [-0.39, 0.29) is 25.6 Å². The molecule has 3 amide bonds. The van der Waals surface area contributed by atoms with Crippen LogP contribution in [-0.2, 0) is 9.53 Å². The monoisotopic (exact) mass is 316 g/mol. The van der Waals surface area contributed by atoms with Gasteiger partial charge in [0.15, 0.2) is 0 Å². The molecule has 0 saturated heterocycles. The van der Waals surface area contributed by atoms with Crippen LogP contribution >= 0.6 is 0 Å². The van der Waals surface area contributed by atoms with Crippen LogP contribution < -0.4 is 5.32 Å². The van der Waals surface area contributed by atoms with Gasteiger partial charge in [-0.15, -0.1) is 0 Å². The highest BCUT2D eigenvalue weighted by molar-refractivity contribution is 5.90. The van der Waals surface area contributed by atoms with E-state index >= 15 is 0 Å². The van der Waals surface area contributed by atoms with Crippen LogP contribution in [0.4, 0.5) is 9.59 Å². The molecule has 1 unspecified atom stereocenters. The molecule has 0 aromatic rings. The lowest BCUT2D eigenvalue weighted by molar-refractivity contribution is -0.130. The van der Waals surface area contributed by atoms with Crippen molar-refractivity contribution in [3.63, 3.8) is 0 Å². The number of rotatable bonds is 8. The lowest BCUT2D eigenvalue weighted by atomic mass is 9.86. The van der Waals surface area contributed by atoms with Crippen LogP contribution in [-0.4, -0.2) is 47.3 Å². The fraction of sp³-hybridized carbons (Fsp3) is 0.800. The highest BCUT2D eigenvalue weighted by Gasteiger charge is 2.33. The van der Waals surface area contributed by atoms with E-state index < -0.39 is 23.5 Å². The van der Waals surface area contributed by atoms with Crippen molar-refractivity contribution in [2.24, 2.45) is 5.41 Å². The summed E-state index contributed by atoms with van der Waals surface area (Å²) in [4.78, 5) is 35.4. The molecule has 7 nitrogen and oxygen atoms in total. The average Bonchev–Trinajstić information content (AvgIpc) is 2.41. The minimum absolute atomic E-state index is 0.0117. The average molecular weight is 316 g/mol. The largest absolute Gasteiger partial charge is 0.465 e. The molecule has 0 spiro atoms. The number of imide groups is 1. The van der Waals surface area contributed by atoms with Crippen LogP contribution in [0.15, 0.2) is 0 Å². The first-order chi connectivity index (χ1) is 10.1. The van der Waals surface area contributed by atoms with Crippen molar-refractivity contribution in [3.8, 4) is 0 Å². The highest BCUT2D eigenvalue weighted by Crippen LogP contribution is 2.26. The van der Waals surface area contributed by atoms with Gasteiger partial charge in [0.2, 0.25) is 5.91 Å². The predicted octanol–water partition coefficient (Wildman–Crippen LogP) is 2.84. The Kier molecular flexibility index (Phi) is 8.52. The van der Waals surface area contributed by atoms with Gasteiger partial charge < -0.3 is 15.2 Å². The number of hydrogen-bond donors (Lipinski definition) is 2. The Labute approximate surface area is 132 Å². The normalized spacial score (nSPS) is 13.4. The fourth-order valence-electron chi connectivity index (χ4n) is 2.15. The molecule has 0 aliphatic rings. The molecule has 0 heterocycles. The number of carbonyl (C=O) groups excluding carboxylic acids is 2. The molecule has 0 rings (SSSR count). The molecule has 0 aliphatic carbocycles. The van der Waals surface area contributed by atoms with E-state index in [1.807, 2.05) is 27.7 Å². The van der Waals surface area contributed by atoms with E-state index in [0.717, 1.165) is 11.3 Å². The van der Waals surface area contributed by atoms with Crippen LogP contribution in [0.3, 0.4) is 0 Å². The molecule has 1 atom stereocenters. The third-order valence-corrected chi connectivity index (χ3v) is 3.19. The van der Waals surface area contributed by atoms with Crippen LogP contribution in [0.5, 0.6) is 0 Å². The molecule has 0 aromatic heterocycles. The fourth-order valence-corrected chi connectivity index (χ4v) is 2.15. The molecular weight excluding hydrogens is 288 g/mol. The Hall–Kier alpha value is -1.79. The maximum Gasteiger partial charge on any atom is 0.414 e. The van der Waals surface area contributed by atoms with Crippen molar-refractivity contribution < 1.29 is 24.2 Å². The molecule has 7 heteroatoms. The molecule has 22 heavy (non-hydrogen) atoms. The zero-order valence-electron chi connectivity index (χ0n) is 14.1. The first-order valence-corrected chi connectivity index (χ1v) is 7.61. The predicted molar refractivity (Wildman–Crippen MR) is 82.7 cm³/mol. The number of ether oxygens (including phenoxy) is 1. The third kappa shape index (κ3) is 7.28. The number of nitrogens with zero attached hydrogens (tertiary/aromatic N) is 1. The second kappa shape index (κ2) is 9.27. The van der Waals surface area contributed by atoms with Gasteiger partial charge in [0, 0.05) is 24.4 Å². The van der Waals surface area contributed by atoms with Crippen molar-refractivity contribution in [1.29, 1.82) is 0 Å². The Morgan fingerprint density at radius 1 is 1.27 bits per heavy atom. The summed E-state index contributed by atoms with van der Waals surface area (Å²) in [6, 6.07) is -0.0397. The van der Waals surface area contributed by atoms with Gasteiger partial charge in [0.1, 0.15) is 6.61 Å². The van der Waals surface area contributed by atoms with Crippen molar-refractivity contribution in [2.75, 3.05) is 13.2 Å². The Morgan fingerprint density at radius 3 is 2.27 bits per heavy atom. The van der Waals surface area contributed by atoms with E-state index in [1.54, 1.807) is 6.92 Å². The summed E-state index contributed by atoms with van der Waals surface area (Å²) in [5, 5.41) is 11.8. The smallest absolute Gasteiger partial charge is 0.414 e. The van der Waals surface area contributed by atoms with Gasteiger partial charge in [0.05, 0.1) is 0 Å². The molecule has 0 aliphatic heterocycles. The van der Waals surface area contributed by atoms with Gasteiger partial charge in [-0.3, -0.25) is 4.79 Å². The van der Waals surface area contributed by atoms with Crippen molar-refractivity contribution in [3.05, 3.63) is 0 Å². The van der Waals surface area contributed by atoms with Gasteiger partial charge in [-0.2, -0.15) is 0 Å². The lowest BCUT2D eigenvalue weighted by Crippen LogP contribution is -2.45. The topological polar surface area (TPSA) is 95.9 Å². The summed E-state index contributed by atoms with van der Waals surface area (Å²) in [6.45, 7) is 9.09. The number of nitrogens with one attached hydrogen (secondary N) is 1. The highest BCUT2D eigenvalue weighted by atomic mass is 16.5. The second-order valence-electron chi connectivity index (χ2n) is 6.05. The summed E-state index contributed by atoms with van der Waals surface area (Å²) in [5.41, 5.74) is -0.605. The summed E-state index contributed by atoms with van der Waals surface area (Å²) in [7, 11) is 0. The Balaban J connectivity index is 4.88. The van der Waals surface area contributed by atoms with Crippen LogP contribution in [0, 0.1) is 5.41 Å². The number of hydrogen-bond acceptors (Lipinski definition) is 4. The minimum atomic E-state index is -1.28. The summed E-state index contributed by atoms with van der Waals surface area (Å²) in [6.07, 6.45) is -0.271. The number of amides is 3. The number of carboxylic acid groups (broad SMARTS) is 1. The van der Waals surface area contributed by atoms with Crippen LogP contribution in [0.1, 0.15) is 53.9 Å². The van der Waals surface area contributed by atoms with Crippen molar-refractivity contribution in [2.45, 2.75) is 59.9 Å². The maximum absolute atomic E-state index is 11.7. The zero-order chi connectivity index (χ0) is 17.3. The van der Waals surface area contributed by atoms with Gasteiger partial charge in [-0.05, 0) is 20.3 Å². The van der Waals surface area contributed by atoms with Gasteiger partial charge in [-0.25, -0.2) is 14.5 Å². The van der Waals surface area contributed by atoms with Gasteiger partial charge >= 0.3 is 12.2 Å². The first-order valence-electron chi connectivity index (χ1n) is 7.61.